The second-order valence-electron chi connectivity index (χ2n) is 4.73. The lowest BCUT2D eigenvalue weighted by atomic mass is 10.1. The summed E-state index contributed by atoms with van der Waals surface area (Å²) in [5.41, 5.74) is 1.44. The van der Waals surface area contributed by atoms with Crippen LogP contribution in [0.4, 0.5) is 15.8 Å². The minimum Gasteiger partial charge on any atom is -0.326 e. The number of nitrogens with one attached hydrogen (secondary N) is 2. The van der Waals surface area contributed by atoms with E-state index < -0.39 is 5.82 Å². The molecule has 114 valence electrons. The molecule has 0 unspecified atom stereocenters. The molecule has 4 nitrogen and oxygen atoms in total. The summed E-state index contributed by atoms with van der Waals surface area (Å²) in [5.74, 6) is -1.06. The van der Waals surface area contributed by atoms with Crippen molar-refractivity contribution >= 4 is 34.8 Å². The van der Waals surface area contributed by atoms with E-state index in [1.165, 1.54) is 25.1 Å². The number of benzene rings is 2. The van der Waals surface area contributed by atoms with Crippen LogP contribution in [0, 0.1) is 5.82 Å². The van der Waals surface area contributed by atoms with Crippen molar-refractivity contribution in [2.75, 3.05) is 10.6 Å². The van der Waals surface area contributed by atoms with Gasteiger partial charge in [0.1, 0.15) is 5.82 Å². The van der Waals surface area contributed by atoms with E-state index in [0.29, 0.717) is 10.7 Å². The Balaban J connectivity index is 1.99. The van der Waals surface area contributed by atoms with Crippen molar-refractivity contribution in [1.82, 2.24) is 0 Å². The van der Waals surface area contributed by atoms with E-state index in [1.54, 1.807) is 24.3 Å². The largest absolute Gasteiger partial charge is 0.326 e. The fraction of sp³-hybridized carbons (Fsp3) is 0.125. The third-order valence-corrected chi connectivity index (χ3v) is 3.08. The summed E-state index contributed by atoms with van der Waals surface area (Å²) >= 11 is 5.77. The normalized spacial score (nSPS) is 10.1. The lowest BCUT2D eigenvalue weighted by Crippen LogP contribution is -2.15. The van der Waals surface area contributed by atoms with Crippen LogP contribution in [0.1, 0.15) is 12.5 Å². The molecule has 0 spiro atoms. The summed E-state index contributed by atoms with van der Waals surface area (Å²) in [6, 6.07) is 10.8. The number of halogens is 2. The van der Waals surface area contributed by atoms with Crippen LogP contribution in [0.2, 0.25) is 5.02 Å². The number of carbonyl (C=O) groups is 2. The van der Waals surface area contributed by atoms with Gasteiger partial charge in [-0.3, -0.25) is 9.59 Å². The summed E-state index contributed by atoms with van der Waals surface area (Å²) < 4.78 is 13.5. The van der Waals surface area contributed by atoms with Gasteiger partial charge in [-0.1, -0.05) is 23.7 Å². The maximum Gasteiger partial charge on any atom is 0.228 e. The van der Waals surface area contributed by atoms with Crippen LogP contribution in [0.3, 0.4) is 0 Å². The fourth-order valence-electron chi connectivity index (χ4n) is 1.88. The van der Waals surface area contributed by atoms with E-state index in [9.17, 15) is 14.0 Å². The van der Waals surface area contributed by atoms with Crippen LogP contribution in [-0.4, -0.2) is 11.8 Å². The minimum absolute atomic E-state index is 0.0485. The first kappa shape index (κ1) is 16.0. The zero-order valence-corrected chi connectivity index (χ0v) is 12.6. The van der Waals surface area contributed by atoms with Crippen molar-refractivity contribution in [3.8, 4) is 0 Å². The van der Waals surface area contributed by atoms with Gasteiger partial charge >= 0.3 is 0 Å². The Bertz CT molecular complexity index is 702. The molecular formula is C16H14ClFN2O2. The van der Waals surface area contributed by atoms with Crippen molar-refractivity contribution in [1.29, 1.82) is 0 Å². The maximum absolute atomic E-state index is 13.5. The summed E-state index contributed by atoms with van der Waals surface area (Å²) in [7, 11) is 0. The molecule has 2 aromatic carbocycles. The van der Waals surface area contributed by atoms with Crippen molar-refractivity contribution in [3.05, 3.63) is 58.9 Å². The first-order valence-electron chi connectivity index (χ1n) is 6.55. The zero-order valence-electron chi connectivity index (χ0n) is 11.8. The van der Waals surface area contributed by atoms with Crippen molar-refractivity contribution in [2.24, 2.45) is 0 Å². The Morgan fingerprint density at radius 2 is 1.77 bits per heavy atom. The molecule has 0 aromatic heterocycles. The van der Waals surface area contributed by atoms with Gasteiger partial charge in [-0.2, -0.15) is 0 Å². The molecule has 22 heavy (non-hydrogen) atoms. The van der Waals surface area contributed by atoms with Crippen LogP contribution >= 0.6 is 11.6 Å². The van der Waals surface area contributed by atoms with Crippen LogP contribution in [-0.2, 0) is 16.0 Å². The second-order valence-corrected chi connectivity index (χ2v) is 5.16. The van der Waals surface area contributed by atoms with E-state index >= 15 is 0 Å². The quantitative estimate of drug-likeness (QED) is 0.904. The highest BCUT2D eigenvalue weighted by Crippen LogP contribution is 2.20. The Morgan fingerprint density at radius 1 is 1.09 bits per heavy atom. The number of hydrogen-bond acceptors (Lipinski definition) is 2. The van der Waals surface area contributed by atoms with Crippen LogP contribution in [0.15, 0.2) is 42.5 Å². The van der Waals surface area contributed by atoms with Crippen molar-refractivity contribution in [2.45, 2.75) is 13.3 Å². The molecule has 2 aromatic rings. The Hall–Kier alpha value is -2.40. The zero-order chi connectivity index (χ0) is 16.1. The first-order chi connectivity index (χ1) is 10.4. The maximum atomic E-state index is 13.5. The Labute approximate surface area is 132 Å². The Morgan fingerprint density at radius 3 is 2.41 bits per heavy atom. The van der Waals surface area contributed by atoms with E-state index in [0.717, 1.165) is 5.56 Å². The average Bonchev–Trinajstić information content (AvgIpc) is 2.44. The molecule has 2 N–H and O–H groups in total. The number of amides is 2. The van der Waals surface area contributed by atoms with E-state index in [2.05, 4.69) is 10.6 Å². The molecule has 0 bridgehead atoms. The lowest BCUT2D eigenvalue weighted by molar-refractivity contribution is -0.116. The molecule has 0 aliphatic carbocycles. The summed E-state index contributed by atoms with van der Waals surface area (Å²) in [5, 5.41) is 5.46. The molecular weight excluding hydrogens is 307 g/mol. The van der Waals surface area contributed by atoms with Gasteiger partial charge in [-0.25, -0.2) is 4.39 Å². The number of rotatable bonds is 4. The summed E-state index contributed by atoms with van der Waals surface area (Å²) in [6.45, 7) is 1.42. The van der Waals surface area contributed by atoms with Crippen LogP contribution < -0.4 is 10.6 Å². The SMILES string of the molecule is CC(=O)Nc1ccc(CC(=O)Nc2cc(Cl)ccc2F)cc1. The minimum atomic E-state index is -0.543. The summed E-state index contributed by atoms with van der Waals surface area (Å²) in [4.78, 5) is 22.8. The van der Waals surface area contributed by atoms with E-state index in [4.69, 9.17) is 11.6 Å². The van der Waals surface area contributed by atoms with Gasteiger partial charge in [0.2, 0.25) is 11.8 Å². The fourth-order valence-corrected chi connectivity index (χ4v) is 2.05. The van der Waals surface area contributed by atoms with Crippen LogP contribution in [0.5, 0.6) is 0 Å². The monoisotopic (exact) mass is 320 g/mol. The van der Waals surface area contributed by atoms with Crippen LogP contribution in [0.25, 0.3) is 0 Å². The molecule has 0 aliphatic rings. The van der Waals surface area contributed by atoms with Gasteiger partial charge in [0.05, 0.1) is 12.1 Å². The molecule has 0 saturated heterocycles. The number of anilines is 2. The third-order valence-electron chi connectivity index (χ3n) is 2.84. The van der Waals surface area contributed by atoms with Gasteiger partial charge in [-0.05, 0) is 35.9 Å². The predicted molar refractivity (Wildman–Crippen MR) is 84.5 cm³/mol. The van der Waals surface area contributed by atoms with Gasteiger partial charge in [0.25, 0.3) is 0 Å². The summed E-state index contributed by atoms with van der Waals surface area (Å²) in [6.07, 6.45) is 0.0896. The van der Waals surface area contributed by atoms with Gasteiger partial charge < -0.3 is 10.6 Å². The Kier molecular flexibility index (Phi) is 5.12. The van der Waals surface area contributed by atoms with Gasteiger partial charge in [0.15, 0.2) is 0 Å². The second kappa shape index (κ2) is 7.04. The number of hydrogen-bond donors (Lipinski definition) is 2. The molecule has 2 rings (SSSR count). The molecule has 0 atom stereocenters. The smallest absolute Gasteiger partial charge is 0.228 e. The highest BCUT2D eigenvalue weighted by molar-refractivity contribution is 6.30. The van der Waals surface area contributed by atoms with Crippen molar-refractivity contribution < 1.29 is 14.0 Å². The predicted octanol–water partition coefficient (Wildman–Crippen LogP) is 3.62. The topological polar surface area (TPSA) is 58.2 Å². The molecule has 0 fully saturated rings. The molecule has 0 aliphatic heterocycles. The van der Waals surface area contributed by atoms with E-state index in [1.807, 2.05) is 0 Å². The van der Waals surface area contributed by atoms with E-state index in [-0.39, 0.29) is 23.9 Å². The molecule has 0 heterocycles. The molecule has 2 amide bonds. The highest BCUT2D eigenvalue weighted by Gasteiger charge is 2.08. The lowest BCUT2D eigenvalue weighted by Gasteiger charge is -2.08. The average molecular weight is 321 g/mol. The molecule has 6 heteroatoms. The molecule has 0 radical (unpaired) electrons. The number of carbonyl (C=O) groups excluding carboxylic acids is 2. The van der Waals surface area contributed by atoms with Gasteiger partial charge in [0, 0.05) is 17.6 Å². The highest BCUT2D eigenvalue weighted by atomic mass is 35.5. The van der Waals surface area contributed by atoms with Gasteiger partial charge in [-0.15, -0.1) is 0 Å². The standard InChI is InChI=1S/C16H14ClFN2O2/c1-10(21)19-13-5-2-11(3-6-13)8-16(22)20-15-9-12(17)4-7-14(15)18/h2-7,9H,8H2,1H3,(H,19,21)(H,20,22). The molecule has 0 saturated carbocycles. The third kappa shape index (κ3) is 4.56. The first-order valence-corrected chi connectivity index (χ1v) is 6.93. The van der Waals surface area contributed by atoms with Crippen molar-refractivity contribution in [3.63, 3.8) is 0 Å².